The van der Waals surface area contributed by atoms with Gasteiger partial charge in [-0.05, 0) is 116 Å². The number of unbranched alkanes of at least 4 members (excludes halogenated alkanes) is 2. The van der Waals surface area contributed by atoms with Gasteiger partial charge in [-0.25, -0.2) is 13.2 Å². The number of nitrogens with two attached hydrogens (primary N) is 2. The fourth-order valence-electron chi connectivity index (χ4n) is 15.8. The van der Waals surface area contributed by atoms with Gasteiger partial charge in [0.15, 0.2) is 17.5 Å². The van der Waals surface area contributed by atoms with Crippen LogP contribution in [0.1, 0.15) is 126 Å². The number of nitrogens with zero attached hydrogens (tertiary/aromatic N) is 5. The number of aromatic nitrogens is 1. The molecule has 3 heterocycles. The van der Waals surface area contributed by atoms with E-state index in [0.29, 0.717) is 54.4 Å². The topological polar surface area (TPSA) is 525 Å². The number of hydrogen-bond donors (Lipinski definition) is 15. The molecule has 12 amide bonds. The first-order chi connectivity index (χ1) is 61.8. The van der Waals surface area contributed by atoms with Crippen LogP contribution >= 0.6 is 11.8 Å². The van der Waals surface area contributed by atoms with Crippen LogP contribution in [0.25, 0.3) is 10.9 Å². The number of β-amino-alcohol motifs (C(OH)–C–C–N with tert-alkyl or cyclic N) is 2. The van der Waals surface area contributed by atoms with E-state index in [0.717, 1.165) is 52.7 Å². The van der Waals surface area contributed by atoms with Gasteiger partial charge in [0.05, 0.1) is 36.5 Å². The summed E-state index contributed by atoms with van der Waals surface area (Å²) >= 11 is 0.977. The number of carboxylic acids is 2. The molecule has 39 heteroatoms. The number of phenolic OH excluding ortho intramolecular Hbond substituents is 1. The maximum atomic E-state index is 15.6. The largest absolute Gasteiger partial charge is 0.508 e. The van der Waals surface area contributed by atoms with E-state index in [9.17, 15) is 87.5 Å². The number of hydrogen-bond acceptors (Lipinski definition) is 21. The van der Waals surface area contributed by atoms with Crippen molar-refractivity contribution in [2.75, 3.05) is 52.3 Å². The zero-order valence-electron chi connectivity index (χ0n) is 73.6. The van der Waals surface area contributed by atoms with Crippen molar-refractivity contribution in [2.24, 2.45) is 17.4 Å². The number of para-hydroxylation sites is 1. The maximum Gasteiger partial charge on any atom is 0.305 e. The highest BCUT2D eigenvalue weighted by Gasteiger charge is 2.47. The Labute approximate surface area is 754 Å². The number of aliphatic hydroxyl groups is 2. The minimum absolute atomic E-state index is 0.0204. The number of fused-ring (bicyclic) bond motifs is 1. The third-order valence-corrected chi connectivity index (χ3v) is 24.2. The van der Waals surface area contributed by atoms with E-state index in [1.54, 1.807) is 92.8 Å². The second kappa shape index (κ2) is 49.5. The summed E-state index contributed by atoms with van der Waals surface area (Å²) in [5.74, 6) is -20.3. The van der Waals surface area contributed by atoms with Crippen LogP contribution in [-0.4, -0.2) is 287 Å². The number of rotatable bonds is 49. The smallest absolute Gasteiger partial charge is 0.305 e. The van der Waals surface area contributed by atoms with E-state index in [2.05, 4.69) is 42.2 Å². The van der Waals surface area contributed by atoms with Crippen molar-refractivity contribution in [1.82, 2.24) is 66.7 Å². The predicted molar refractivity (Wildman–Crippen MR) is 473 cm³/mol. The Balaban J connectivity index is 0.974. The van der Waals surface area contributed by atoms with Crippen LogP contribution in [-0.2, 0) is 104 Å². The van der Waals surface area contributed by atoms with Crippen molar-refractivity contribution in [1.29, 1.82) is 0 Å². The van der Waals surface area contributed by atoms with Crippen LogP contribution in [0.5, 0.6) is 5.75 Å². The Hall–Kier alpha value is -12.3. The fourth-order valence-corrected chi connectivity index (χ4v) is 16.6. The molecule has 15 atom stereocenters. The number of H-pyrrole nitrogens is 1. The number of likely N-dealkylation sites (N-methyl/N-ethyl adjacent to an activating group) is 3. The average Bonchev–Trinajstić information content (AvgIpc) is 1.40. The molecule has 2 aliphatic heterocycles. The van der Waals surface area contributed by atoms with Crippen molar-refractivity contribution >= 4 is 112 Å². The summed E-state index contributed by atoms with van der Waals surface area (Å²) in [6.45, 7) is 5.82. The van der Waals surface area contributed by atoms with Crippen LogP contribution in [0.2, 0.25) is 0 Å². The number of aromatic hydroxyl groups is 1. The highest BCUT2D eigenvalue weighted by atomic mass is 32.2. The molecule has 0 radical (unpaired) electrons. The molecular formula is C91H118F3N15O20S. The van der Waals surface area contributed by atoms with Gasteiger partial charge in [-0.3, -0.25) is 67.1 Å². The molecule has 17 N–H and O–H groups in total. The molecule has 2 aliphatic rings. The van der Waals surface area contributed by atoms with Gasteiger partial charge in [-0.1, -0.05) is 125 Å². The number of likely N-dealkylation sites (tertiary alicyclic amines) is 2. The van der Waals surface area contributed by atoms with Gasteiger partial charge in [-0.2, -0.15) is 0 Å². The number of nitrogens with one attached hydrogen (secondary N) is 8. The van der Waals surface area contributed by atoms with Crippen molar-refractivity contribution < 1.29 is 111 Å². The molecule has 704 valence electrons. The third-order valence-electron chi connectivity index (χ3n) is 23.0. The fraction of sp³-hybridized carbons (Fsp3) is 0.484. The number of carboxylic acid groups (broad SMARTS) is 2. The van der Waals surface area contributed by atoms with Gasteiger partial charge in [0, 0.05) is 108 Å². The van der Waals surface area contributed by atoms with Crippen molar-refractivity contribution in [3.63, 3.8) is 0 Å². The molecule has 0 spiro atoms. The molecule has 0 saturated carbocycles. The number of aliphatic carboxylic acids is 2. The minimum atomic E-state index is -2.02. The summed E-state index contributed by atoms with van der Waals surface area (Å²) in [6.07, 6.45) is -2.86. The monoisotopic (exact) mass is 1830 g/mol. The van der Waals surface area contributed by atoms with E-state index in [1.165, 1.54) is 47.1 Å². The minimum Gasteiger partial charge on any atom is -0.508 e. The summed E-state index contributed by atoms with van der Waals surface area (Å²) in [5, 5.41) is 70.9. The van der Waals surface area contributed by atoms with Crippen LogP contribution in [0.3, 0.4) is 0 Å². The molecule has 0 aliphatic carbocycles. The van der Waals surface area contributed by atoms with Crippen LogP contribution in [0.4, 0.5) is 13.2 Å². The normalized spacial score (nSPS) is 17.4. The molecule has 6 aromatic rings. The summed E-state index contributed by atoms with van der Waals surface area (Å²) in [5.41, 5.74) is 15.1. The molecule has 130 heavy (non-hydrogen) atoms. The van der Waals surface area contributed by atoms with Gasteiger partial charge >= 0.3 is 11.9 Å². The first-order valence-electron chi connectivity index (χ1n) is 43.2. The Bertz CT molecular complexity index is 4920. The molecular weight excluding hydrogens is 1710 g/mol. The highest BCUT2D eigenvalue weighted by Crippen LogP contribution is 2.28. The number of carbonyl (C=O) groups excluding carboxylic acids is 13. The van der Waals surface area contributed by atoms with E-state index >= 15 is 23.2 Å². The molecule has 35 nitrogen and oxygen atoms in total. The second-order valence-electron chi connectivity index (χ2n) is 33.3. The highest BCUT2D eigenvalue weighted by molar-refractivity contribution is 8.00. The van der Waals surface area contributed by atoms with Gasteiger partial charge in [-0.15, -0.1) is 11.8 Å². The number of aromatic amines is 1. The first kappa shape index (κ1) is 103. The summed E-state index contributed by atoms with van der Waals surface area (Å²) in [7, 11) is 3.68. The Morgan fingerprint density at radius 1 is 0.554 bits per heavy atom. The van der Waals surface area contributed by atoms with E-state index in [4.69, 9.17) is 11.5 Å². The predicted octanol–water partition coefficient (Wildman–Crippen LogP) is 2.20. The number of halogens is 3. The number of benzene rings is 5. The number of phenols is 1. The Morgan fingerprint density at radius 2 is 1.12 bits per heavy atom. The number of aldehydes is 1. The molecule has 0 bridgehead atoms. The molecule has 1 aromatic heterocycles. The van der Waals surface area contributed by atoms with Crippen LogP contribution in [0, 0.1) is 23.4 Å². The van der Waals surface area contributed by atoms with E-state index in [1.807, 2.05) is 24.3 Å². The Kier molecular flexibility index (Phi) is 39.2. The lowest BCUT2D eigenvalue weighted by Gasteiger charge is -2.38. The van der Waals surface area contributed by atoms with E-state index in [-0.39, 0.29) is 81.5 Å². The summed E-state index contributed by atoms with van der Waals surface area (Å²) in [4.78, 5) is 221. The molecule has 2 saturated heterocycles. The zero-order valence-corrected chi connectivity index (χ0v) is 74.4. The standard InChI is InChI=1S/C91H118F3N15O20S/c1-8-9-27-72(90(128)109-47-61(113)43-74(109)86(124)103-70(44-78(117)118)84(122)104-80(51(2)3)91(129)106(6)73(39-53-20-12-10-13-21-53)85(123)101-68(32-33-77(115)116)88(126)108-46-60(112)42-58(108)48-110)105(5)89(127)75(40-54-22-14-11-15-23-54)107(7)87(125)71(38-56-35-63(92)79(94)64(93)36-56)99-76(114)50-130-49-52(4)98-82(120)67(26-18-19-34-95)100-83(121)69(37-55-28-30-59(111)31-29-55)102-81(119)65(96)41-57-45-97-66-25-17-16-24-62(57)66/h10-17,20-25,28-31,35-36,45,48,51-52,58,60-61,65,67-75,80,97,111-113H,8-9,18-19,26-27,32-34,37-44,46-47,49-50,95-96H2,1-7H3,(H,98,120)(H,99,114)(H,100,121)(H,101,123)(H,102,119)(H,103,124)(H,104,122)(H,115,116)(H,117,118)/t52-,58-,60-,61-,65+,67+,68+,69+,70+,71+,72+,73+,74-,75+,80+/m1/s1. The lowest BCUT2D eigenvalue weighted by atomic mass is 9.98. The van der Waals surface area contributed by atoms with Gasteiger partial charge < -0.3 is 108 Å². The summed E-state index contributed by atoms with van der Waals surface area (Å²) in [6, 6.07) is 12.5. The van der Waals surface area contributed by atoms with Gasteiger partial charge in [0.1, 0.15) is 72.5 Å². The van der Waals surface area contributed by atoms with Gasteiger partial charge in [0.2, 0.25) is 70.9 Å². The summed E-state index contributed by atoms with van der Waals surface area (Å²) < 4.78 is 44.7. The SMILES string of the molecule is CCCC[C@@H](C(=O)N1C[C@H](O)C[C@@H]1C(=O)N[C@@H](CC(=O)O)C(=O)N[C@H](C(=O)N(C)[C@@H](Cc1ccccc1)C(=O)N[C@@H](CCC(=O)O)C(=O)N1C[C@H](O)C[C@@H]1C=O)C(C)C)N(C)C(=O)[C@H](Cc1ccccc1)N(C)C(=O)[C@H](Cc1cc(F)c(F)c(F)c1)NC(=O)CSC[C@@H](C)NC(=O)[C@H](CCCCN)NC(=O)[C@H](Cc1ccc(O)cc1)NC(=O)[C@@H](N)Cc1c[nH]c2ccccc12. The number of aliphatic hydroxyl groups excluding tert-OH is 2. The lowest BCUT2D eigenvalue weighted by Crippen LogP contribution is -2.61. The average molecular weight is 1830 g/mol. The van der Waals surface area contributed by atoms with Crippen molar-refractivity contribution in [2.45, 2.75) is 221 Å². The number of amides is 12. The molecule has 0 unspecified atom stereocenters. The van der Waals surface area contributed by atoms with Crippen LogP contribution < -0.4 is 48.7 Å². The first-order valence-corrected chi connectivity index (χ1v) is 44.3. The second-order valence-corrected chi connectivity index (χ2v) is 34.4. The van der Waals surface area contributed by atoms with Crippen LogP contribution in [0.15, 0.2) is 128 Å². The third kappa shape index (κ3) is 29.3. The lowest BCUT2D eigenvalue weighted by molar-refractivity contribution is -0.152. The molecule has 2 fully saturated rings. The number of thioether (sulfide) groups is 1. The quantitative estimate of drug-likeness (QED) is 0.0148. The van der Waals surface area contributed by atoms with Crippen molar-refractivity contribution in [3.05, 3.63) is 173 Å². The number of carbonyl (C=O) groups is 15. The molecule has 5 aromatic carbocycles. The van der Waals surface area contributed by atoms with E-state index < -0.39 is 241 Å². The zero-order chi connectivity index (χ0) is 95.3. The Morgan fingerprint density at radius 3 is 1.73 bits per heavy atom. The van der Waals surface area contributed by atoms with Gasteiger partial charge in [0.25, 0.3) is 0 Å². The van der Waals surface area contributed by atoms with Crippen molar-refractivity contribution in [3.8, 4) is 5.75 Å². The molecule has 8 rings (SSSR count). The maximum absolute atomic E-state index is 15.6.